The zero-order valence-corrected chi connectivity index (χ0v) is 15.0. The van der Waals surface area contributed by atoms with Crippen LogP contribution in [0.15, 0.2) is 36.7 Å². The van der Waals surface area contributed by atoms with Crippen molar-refractivity contribution in [3.8, 4) is 0 Å². The zero-order chi connectivity index (χ0) is 18.2. The molecule has 0 unspecified atom stereocenters. The second-order valence-corrected chi connectivity index (χ2v) is 6.98. The molecule has 5 rings (SSSR count). The van der Waals surface area contributed by atoms with Crippen LogP contribution in [-0.2, 0) is 6.54 Å². The lowest BCUT2D eigenvalue weighted by molar-refractivity contribution is 0.966. The van der Waals surface area contributed by atoms with Gasteiger partial charge in [-0.3, -0.25) is 10.2 Å². The number of hydrogen-bond donors (Lipinski definition) is 4. The van der Waals surface area contributed by atoms with Crippen molar-refractivity contribution >= 4 is 28.5 Å². The molecule has 1 saturated carbocycles. The van der Waals surface area contributed by atoms with Crippen LogP contribution in [0, 0.1) is 6.92 Å². The largest absolute Gasteiger partial charge is 0.350 e. The quantitative estimate of drug-likeness (QED) is 0.418. The van der Waals surface area contributed by atoms with Gasteiger partial charge in [-0.15, -0.1) is 0 Å². The molecule has 1 fully saturated rings. The minimum atomic E-state index is 0.566. The Hall–Kier alpha value is -3.42. The fourth-order valence-corrected chi connectivity index (χ4v) is 3.25. The molecular weight excluding hydrogens is 340 g/mol. The van der Waals surface area contributed by atoms with Gasteiger partial charge in [-0.05, 0) is 43.0 Å². The lowest BCUT2D eigenvalue weighted by atomic mass is 10.1. The number of aromatic nitrogens is 6. The first kappa shape index (κ1) is 15.8. The lowest BCUT2D eigenvalue weighted by Crippen LogP contribution is -2.05. The number of aryl methyl sites for hydroxylation is 1. The van der Waals surface area contributed by atoms with Crippen LogP contribution >= 0.6 is 0 Å². The van der Waals surface area contributed by atoms with Gasteiger partial charge in [0.25, 0.3) is 0 Å². The van der Waals surface area contributed by atoms with Gasteiger partial charge in [-0.25, -0.2) is 4.98 Å². The molecule has 3 aromatic heterocycles. The van der Waals surface area contributed by atoms with E-state index in [1.165, 1.54) is 24.1 Å². The van der Waals surface area contributed by atoms with Gasteiger partial charge in [0, 0.05) is 35.8 Å². The summed E-state index contributed by atoms with van der Waals surface area (Å²) in [7, 11) is 0. The van der Waals surface area contributed by atoms with Crippen LogP contribution in [0.25, 0.3) is 10.9 Å². The van der Waals surface area contributed by atoms with E-state index < -0.39 is 0 Å². The number of nitrogens with one attached hydrogen (secondary N) is 4. The van der Waals surface area contributed by atoms with Gasteiger partial charge in [0.05, 0.1) is 11.7 Å². The summed E-state index contributed by atoms with van der Waals surface area (Å²) in [6.07, 6.45) is 6.06. The van der Waals surface area contributed by atoms with Crippen molar-refractivity contribution in [2.75, 3.05) is 10.6 Å². The van der Waals surface area contributed by atoms with Gasteiger partial charge in [0.15, 0.2) is 5.82 Å². The van der Waals surface area contributed by atoms with Gasteiger partial charge in [0.1, 0.15) is 5.82 Å². The molecule has 8 nitrogen and oxygen atoms in total. The van der Waals surface area contributed by atoms with Gasteiger partial charge in [-0.1, -0.05) is 6.07 Å². The number of benzene rings is 1. The third-order valence-corrected chi connectivity index (χ3v) is 4.75. The molecule has 8 heteroatoms. The molecule has 1 aliphatic carbocycles. The molecule has 0 aliphatic heterocycles. The Kier molecular flexibility index (Phi) is 3.74. The molecule has 4 N–H and O–H groups in total. The molecule has 27 heavy (non-hydrogen) atoms. The van der Waals surface area contributed by atoms with Crippen LogP contribution in [0.3, 0.4) is 0 Å². The standard InChI is InChI=1S/C19H20N8/c1-11-6-13(14-10-22-25-16(14)7-11)9-21-19-20-5-4-17(24-19)23-18-8-15(26-27-18)12-2-3-12/h4-8,10,12H,2-3,9H2,1H3,(H,22,25)(H3,20,21,23,24,26,27). The van der Waals surface area contributed by atoms with Gasteiger partial charge in [-0.2, -0.15) is 15.2 Å². The summed E-state index contributed by atoms with van der Waals surface area (Å²) in [6.45, 7) is 2.69. The van der Waals surface area contributed by atoms with E-state index in [1.807, 2.05) is 12.3 Å². The summed E-state index contributed by atoms with van der Waals surface area (Å²) < 4.78 is 0. The van der Waals surface area contributed by atoms with Crippen molar-refractivity contribution in [1.82, 2.24) is 30.4 Å². The lowest BCUT2D eigenvalue weighted by Gasteiger charge is -2.08. The van der Waals surface area contributed by atoms with Crippen molar-refractivity contribution in [2.24, 2.45) is 0 Å². The maximum atomic E-state index is 4.53. The van der Waals surface area contributed by atoms with Crippen molar-refractivity contribution in [3.05, 3.63) is 53.5 Å². The van der Waals surface area contributed by atoms with Crippen LogP contribution in [0.1, 0.15) is 35.6 Å². The fraction of sp³-hybridized carbons (Fsp3) is 0.263. The summed E-state index contributed by atoms with van der Waals surface area (Å²) in [4.78, 5) is 8.85. The molecule has 3 heterocycles. The fourth-order valence-electron chi connectivity index (χ4n) is 3.25. The van der Waals surface area contributed by atoms with E-state index >= 15 is 0 Å². The van der Waals surface area contributed by atoms with Crippen LogP contribution in [0.5, 0.6) is 0 Å². The molecule has 0 bridgehead atoms. The summed E-state index contributed by atoms with van der Waals surface area (Å²) in [5.41, 5.74) is 4.56. The van der Waals surface area contributed by atoms with E-state index in [2.05, 4.69) is 66.1 Å². The van der Waals surface area contributed by atoms with E-state index in [0.717, 1.165) is 22.3 Å². The Morgan fingerprint density at radius 3 is 2.96 bits per heavy atom. The number of anilines is 3. The van der Waals surface area contributed by atoms with Crippen molar-refractivity contribution < 1.29 is 0 Å². The van der Waals surface area contributed by atoms with Gasteiger partial charge < -0.3 is 10.6 Å². The highest BCUT2D eigenvalue weighted by atomic mass is 15.2. The Labute approximate surface area is 155 Å². The molecule has 0 atom stereocenters. The predicted octanol–water partition coefficient (Wildman–Crippen LogP) is 3.62. The first-order chi connectivity index (χ1) is 13.2. The highest BCUT2D eigenvalue weighted by molar-refractivity contribution is 5.82. The normalized spacial score (nSPS) is 13.8. The average molecular weight is 360 g/mol. The Morgan fingerprint density at radius 2 is 2.07 bits per heavy atom. The summed E-state index contributed by atoms with van der Waals surface area (Å²) in [6, 6.07) is 8.12. The maximum Gasteiger partial charge on any atom is 0.224 e. The van der Waals surface area contributed by atoms with E-state index in [1.54, 1.807) is 6.20 Å². The smallest absolute Gasteiger partial charge is 0.224 e. The predicted molar refractivity (Wildman–Crippen MR) is 104 cm³/mol. The molecule has 0 saturated heterocycles. The molecule has 1 aliphatic rings. The highest BCUT2D eigenvalue weighted by Crippen LogP contribution is 2.39. The molecule has 0 amide bonds. The van der Waals surface area contributed by atoms with E-state index in [9.17, 15) is 0 Å². The summed E-state index contributed by atoms with van der Waals surface area (Å²) in [5.74, 6) is 2.69. The van der Waals surface area contributed by atoms with Gasteiger partial charge >= 0.3 is 0 Å². The molecule has 4 aromatic rings. The molecule has 136 valence electrons. The SMILES string of the molecule is Cc1cc(CNc2nccc(Nc3cc(C4CC4)[nH]n3)n2)c2cn[nH]c2c1. The number of rotatable bonds is 6. The second-order valence-electron chi connectivity index (χ2n) is 6.98. The summed E-state index contributed by atoms with van der Waals surface area (Å²) in [5, 5.41) is 22.2. The van der Waals surface area contributed by atoms with E-state index in [4.69, 9.17) is 0 Å². The van der Waals surface area contributed by atoms with Crippen molar-refractivity contribution in [3.63, 3.8) is 0 Å². The van der Waals surface area contributed by atoms with Crippen LogP contribution in [0.4, 0.5) is 17.6 Å². The topological polar surface area (TPSA) is 107 Å². The highest BCUT2D eigenvalue weighted by Gasteiger charge is 2.25. The first-order valence-corrected chi connectivity index (χ1v) is 9.06. The van der Waals surface area contributed by atoms with E-state index in [-0.39, 0.29) is 0 Å². The Morgan fingerprint density at radius 1 is 1.15 bits per heavy atom. The number of H-pyrrole nitrogens is 2. The maximum absolute atomic E-state index is 4.53. The second kappa shape index (κ2) is 6.39. The number of fused-ring (bicyclic) bond motifs is 1. The molecule has 1 aromatic carbocycles. The Bertz CT molecular complexity index is 1090. The number of nitrogens with zero attached hydrogens (tertiary/aromatic N) is 4. The minimum absolute atomic E-state index is 0.566. The van der Waals surface area contributed by atoms with Crippen molar-refractivity contribution in [1.29, 1.82) is 0 Å². The van der Waals surface area contributed by atoms with Crippen LogP contribution < -0.4 is 10.6 Å². The molecule has 0 spiro atoms. The monoisotopic (exact) mass is 360 g/mol. The molecule has 0 radical (unpaired) electrons. The minimum Gasteiger partial charge on any atom is -0.350 e. The third-order valence-electron chi connectivity index (χ3n) is 4.75. The average Bonchev–Trinajstić information content (AvgIpc) is 3.22. The number of aromatic amines is 2. The van der Waals surface area contributed by atoms with E-state index in [0.29, 0.717) is 24.2 Å². The van der Waals surface area contributed by atoms with Crippen LogP contribution in [0.2, 0.25) is 0 Å². The first-order valence-electron chi connectivity index (χ1n) is 9.06. The van der Waals surface area contributed by atoms with Crippen LogP contribution in [-0.4, -0.2) is 30.4 Å². The zero-order valence-electron chi connectivity index (χ0n) is 15.0. The van der Waals surface area contributed by atoms with Gasteiger partial charge in [0.2, 0.25) is 5.95 Å². The summed E-state index contributed by atoms with van der Waals surface area (Å²) >= 11 is 0. The third kappa shape index (κ3) is 3.33. The molecular formula is C19H20N8. The Balaban J connectivity index is 1.30. The number of hydrogen-bond acceptors (Lipinski definition) is 6. The van der Waals surface area contributed by atoms with Crippen molar-refractivity contribution in [2.45, 2.75) is 32.2 Å².